The smallest absolute Gasteiger partial charge is 0.132 e. The molecule has 18 heavy (non-hydrogen) atoms. The Morgan fingerprint density at radius 3 is 2.83 bits per heavy atom. The van der Waals surface area contributed by atoms with Gasteiger partial charge in [0, 0.05) is 16.7 Å². The first-order chi connectivity index (χ1) is 8.85. The lowest BCUT2D eigenvalue weighted by Crippen LogP contribution is -2.33. The summed E-state index contributed by atoms with van der Waals surface area (Å²) < 4.78 is 5.39. The van der Waals surface area contributed by atoms with Crippen molar-refractivity contribution in [3.05, 3.63) is 24.3 Å². The number of hydrogen-bond donors (Lipinski definition) is 1. The molecule has 0 bridgehead atoms. The van der Waals surface area contributed by atoms with Crippen molar-refractivity contribution in [3.63, 3.8) is 0 Å². The average molecular weight is 265 g/mol. The molecule has 0 aromatic heterocycles. The Hall–Kier alpha value is -0.670. The number of benzene rings is 1. The minimum atomic E-state index is 0.667. The van der Waals surface area contributed by atoms with Crippen molar-refractivity contribution in [3.8, 4) is 5.75 Å². The van der Waals surface area contributed by atoms with Gasteiger partial charge < -0.3 is 10.1 Å². The average Bonchev–Trinajstić information content (AvgIpc) is 3.24. The molecule has 3 heteroatoms. The highest BCUT2D eigenvalue weighted by Crippen LogP contribution is 2.36. The van der Waals surface area contributed by atoms with E-state index in [1.807, 2.05) is 23.9 Å². The molecule has 1 aromatic carbocycles. The second-order valence-electron chi connectivity index (χ2n) is 4.86. The lowest BCUT2D eigenvalue weighted by atomic mass is 10.2. The normalized spacial score (nSPS) is 16.6. The van der Waals surface area contributed by atoms with Crippen LogP contribution in [0.2, 0.25) is 0 Å². The van der Waals surface area contributed by atoms with Crippen LogP contribution in [0.15, 0.2) is 29.2 Å². The van der Waals surface area contributed by atoms with Crippen LogP contribution in [0.5, 0.6) is 5.75 Å². The fourth-order valence-electron chi connectivity index (χ4n) is 2.11. The van der Waals surface area contributed by atoms with Crippen molar-refractivity contribution in [2.45, 2.75) is 37.1 Å². The topological polar surface area (TPSA) is 21.3 Å². The van der Waals surface area contributed by atoms with Gasteiger partial charge in [-0.3, -0.25) is 0 Å². The van der Waals surface area contributed by atoms with Gasteiger partial charge in [-0.05, 0) is 43.9 Å². The quantitative estimate of drug-likeness (QED) is 0.726. The van der Waals surface area contributed by atoms with Crippen molar-refractivity contribution in [2.24, 2.45) is 5.92 Å². The van der Waals surface area contributed by atoms with E-state index >= 15 is 0 Å². The van der Waals surface area contributed by atoms with Crippen LogP contribution < -0.4 is 10.1 Å². The number of thioether (sulfide) groups is 1. The molecule has 0 amide bonds. The molecule has 2 rings (SSSR count). The molecule has 1 aromatic rings. The Morgan fingerprint density at radius 2 is 2.17 bits per heavy atom. The van der Waals surface area contributed by atoms with Gasteiger partial charge in [0.25, 0.3) is 0 Å². The number of rotatable bonds is 8. The second kappa shape index (κ2) is 7.05. The van der Waals surface area contributed by atoms with E-state index in [9.17, 15) is 0 Å². The molecule has 1 fully saturated rings. The highest BCUT2D eigenvalue weighted by molar-refractivity contribution is 7.99. The van der Waals surface area contributed by atoms with Gasteiger partial charge in [0.05, 0.1) is 7.11 Å². The summed E-state index contributed by atoms with van der Waals surface area (Å²) in [5.74, 6) is 3.04. The van der Waals surface area contributed by atoms with Crippen LogP contribution in [0.1, 0.15) is 26.2 Å². The lowest BCUT2D eigenvalue weighted by molar-refractivity contribution is 0.404. The molecule has 0 spiro atoms. The van der Waals surface area contributed by atoms with Gasteiger partial charge in [-0.2, -0.15) is 0 Å². The molecule has 1 atom stereocenters. The molecule has 0 aliphatic heterocycles. The summed E-state index contributed by atoms with van der Waals surface area (Å²) in [7, 11) is 1.74. The molecule has 1 saturated carbocycles. The van der Waals surface area contributed by atoms with Crippen LogP contribution in [0.4, 0.5) is 0 Å². The summed E-state index contributed by atoms with van der Waals surface area (Å²) in [6.07, 6.45) is 4.00. The molecule has 1 aliphatic carbocycles. The Balaban J connectivity index is 1.88. The Kier molecular flexibility index (Phi) is 5.39. The highest BCUT2D eigenvalue weighted by Gasteiger charge is 2.30. The zero-order chi connectivity index (χ0) is 12.8. The first-order valence-electron chi connectivity index (χ1n) is 6.84. The first-order valence-corrected chi connectivity index (χ1v) is 7.83. The van der Waals surface area contributed by atoms with E-state index in [2.05, 4.69) is 24.4 Å². The Bertz CT molecular complexity index is 365. The number of para-hydroxylation sites is 1. The van der Waals surface area contributed by atoms with Gasteiger partial charge in [0.1, 0.15) is 5.75 Å². The third-order valence-corrected chi connectivity index (χ3v) is 4.51. The second-order valence-corrected chi connectivity index (χ2v) is 5.92. The minimum absolute atomic E-state index is 0.667. The van der Waals surface area contributed by atoms with Crippen LogP contribution in [0.3, 0.4) is 0 Å². The Morgan fingerprint density at radius 1 is 1.39 bits per heavy atom. The van der Waals surface area contributed by atoms with E-state index in [1.165, 1.54) is 24.2 Å². The molecular weight excluding hydrogens is 242 g/mol. The SMILES string of the molecule is CCCNC(CSc1ccccc1OC)C1CC1. The third-order valence-electron chi connectivity index (χ3n) is 3.34. The molecule has 0 radical (unpaired) electrons. The van der Waals surface area contributed by atoms with E-state index in [0.717, 1.165) is 24.0 Å². The summed E-state index contributed by atoms with van der Waals surface area (Å²) in [6, 6.07) is 8.95. The summed E-state index contributed by atoms with van der Waals surface area (Å²) in [5, 5.41) is 3.68. The predicted octanol–water partition coefficient (Wildman–Crippen LogP) is 3.57. The van der Waals surface area contributed by atoms with E-state index in [1.54, 1.807) is 7.11 Å². The molecule has 1 N–H and O–H groups in total. The number of ether oxygens (including phenoxy) is 1. The van der Waals surface area contributed by atoms with Crippen molar-refractivity contribution in [2.75, 3.05) is 19.4 Å². The van der Waals surface area contributed by atoms with Crippen molar-refractivity contribution >= 4 is 11.8 Å². The number of nitrogens with one attached hydrogen (secondary N) is 1. The monoisotopic (exact) mass is 265 g/mol. The summed E-state index contributed by atoms with van der Waals surface area (Å²) in [4.78, 5) is 1.25. The van der Waals surface area contributed by atoms with E-state index in [-0.39, 0.29) is 0 Å². The maximum Gasteiger partial charge on any atom is 0.132 e. The standard InChI is InChI=1S/C15H23NOS/c1-3-10-16-13(12-8-9-12)11-18-15-7-5-4-6-14(15)17-2/h4-7,12-13,16H,3,8-11H2,1-2H3. The molecule has 1 aliphatic rings. The van der Waals surface area contributed by atoms with Gasteiger partial charge in [-0.25, -0.2) is 0 Å². The maximum atomic E-state index is 5.39. The number of methoxy groups -OCH3 is 1. The summed E-state index contributed by atoms with van der Waals surface area (Å²) >= 11 is 1.91. The highest BCUT2D eigenvalue weighted by atomic mass is 32.2. The predicted molar refractivity (Wildman–Crippen MR) is 78.5 cm³/mol. The van der Waals surface area contributed by atoms with Crippen LogP contribution in [-0.4, -0.2) is 25.4 Å². The lowest BCUT2D eigenvalue weighted by Gasteiger charge is -2.18. The van der Waals surface area contributed by atoms with Gasteiger partial charge in [-0.1, -0.05) is 19.1 Å². The van der Waals surface area contributed by atoms with Gasteiger partial charge in [0.2, 0.25) is 0 Å². The molecule has 0 heterocycles. The van der Waals surface area contributed by atoms with E-state index in [4.69, 9.17) is 4.74 Å². The maximum absolute atomic E-state index is 5.39. The zero-order valence-corrected chi connectivity index (χ0v) is 12.1. The van der Waals surface area contributed by atoms with E-state index in [0.29, 0.717) is 6.04 Å². The summed E-state index contributed by atoms with van der Waals surface area (Å²) in [5.41, 5.74) is 0. The fraction of sp³-hybridized carbons (Fsp3) is 0.600. The van der Waals surface area contributed by atoms with Crippen LogP contribution in [0, 0.1) is 5.92 Å². The van der Waals surface area contributed by atoms with E-state index < -0.39 is 0 Å². The van der Waals surface area contributed by atoms with Crippen molar-refractivity contribution < 1.29 is 4.74 Å². The zero-order valence-electron chi connectivity index (χ0n) is 11.3. The van der Waals surface area contributed by atoms with Crippen LogP contribution >= 0.6 is 11.8 Å². The minimum Gasteiger partial charge on any atom is -0.496 e. The molecular formula is C15H23NOS. The van der Waals surface area contributed by atoms with Crippen LogP contribution in [-0.2, 0) is 0 Å². The largest absolute Gasteiger partial charge is 0.496 e. The van der Waals surface area contributed by atoms with Gasteiger partial charge in [0.15, 0.2) is 0 Å². The first kappa shape index (κ1) is 13.8. The third kappa shape index (κ3) is 3.92. The molecule has 2 nitrogen and oxygen atoms in total. The van der Waals surface area contributed by atoms with Crippen molar-refractivity contribution in [1.29, 1.82) is 0 Å². The van der Waals surface area contributed by atoms with Crippen LogP contribution in [0.25, 0.3) is 0 Å². The van der Waals surface area contributed by atoms with Gasteiger partial charge in [-0.15, -0.1) is 11.8 Å². The number of hydrogen-bond acceptors (Lipinski definition) is 3. The fourth-order valence-corrected chi connectivity index (χ4v) is 3.33. The Labute approximate surface area is 114 Å². The molecule has 1 unspecified atom stereocenters. The van der Waals surface area contributed by atoms with Crippen molar-refractivity contribution in [1.82, 2.24) is 5.32 Å². The van der Waals surface area contributed by atoms with Gasteiger partial charge >= 0.3 is 0 Å². The molecule has 100 valence electrons. The molecule has 0 saturated heterocycles. The summed E-state index contributed by atoms with van der Waals surface area (Å²) in [6.45, 7) is 3.36.